The molecule has 0 saturated heterocycles. The van der Waals surface area contributed by atoms with Crippen LogP contribution >= 0.6 is 11.3 Å². The first-order chi connectivity index (χ1) is 14.5. The molecule has 152 valence electrons. The fourth-order valence-corrected chi connectivity index (χ4v) is 4.30. The van der Waals surface area contributed by atoms with Crippen molar-refractivity contribution in [3.8, 4) is 0 Å². The van der Waals surface area contributed by atoms with E-state index in [0.29, 0.717) is 29.2 Å². The van der Waals surface area contributed by atoms with Gasteiger partial charge in [0.25, 0.3) is 11.8 Å². The number of carbonyl (C=O) groups excluding carboxylic acids is 2. The van der Waals surface area contributed by atoms with Crippen LogP contribution in [0.3, 0.4) is 0 Å². The molecule has 0 aliphatic carbocycles. The van der Waals surface area contributed by atoms with Gasteiger partial charge in [-0.25, -0.2) is 0 Å². The Hall–Kier alpha value is -3.45. The first-order valence-corrected chi connectivity index (χ1v) is 10.6. The van der Waals surface area contributed by atoms with Crippen LogP contribution in [-0.4, -0.2) is 28.1 Å². The number of nitrogens with one attached hydrogen (secondary N) is 2. The van der Waals surface area contributed by atoms with Crippen LogP contribution in [0.1, 0.15) is 38.2 Å². The summed E-state index contributed by atoms with van der Waals surface area (Å²) in [6, 6.07) is 18.9. The van der Waals surface area contributed by atoms with Crippen LogP contribution in [0.5, 0.6) is 0 Å². The summed E-state index contributed by atoms with van der Waals surface area (Å²) >= 11 is 1.43. The van der Waals surface area contributed by atoms with Gasteiger partial charge in [0.2, 0.25) is 0 Å². The number of hydrogen-bond acceptors (Lipinski definition) is 4. The zero-order chi connectivity index (χ0) is 21.1. The zero-order valence-electron chi connectivity index (χ0n) is 16.8. The number of nitrogens with zero attached hydrogens (tertiary/aromatic N) is 2. The van der Waals surface area contributed by atoms with Crippen LogP contribution in [0.25, 0.3) is 10.2 Å². The Kier molecular flexibility index (Phi) is 5.63. The van der Waals surface area contributed by atoms with Gasteiger partial charge < -0.3 is 10.6 Å². The Labute approximate surface area is 178 Å². The molecule has 0 radical (unpaired) electrons. The van der Waals surface area contributed by atoms with Gasteiger partial charge in [-0.2, -0.15) is 5.10 Å². The van der Waals surface area contributed by atoms with Crippen LogP contribution in [0.15, 0.2) is 60.7 Å². The highest BCUT2D eigenvalue weighted by Gasteiger charge is 2.17. The lowest BCUT2D eigenvalue weighted by Gasteiger charge is -2.06. The van der Waals surface area contributed by atoms with E-state index in [9.17, 15) is 9.59 Å². The molecule has 2 N–H and O–H groups in total. The number of hydrogen-bond donors (Lipinski definition) is 2. The number of anilines is 1. The van der Waals surface area contributed by atoms with E-state index in [-0.39, 0.29) is 11.8 Å². The number of fused-ring (bicyclic) bond motifs is 1. The highest BCUT2D eigenvalue weighted by molar-refractivity contribution is 7.20. The molecule has 0 unspecified atom stereocenters. The van der Waals surface area contributed by atoms with Gasteiger partial charge in [-0.1, -0.05) is 30.3 Å². The van der Waals surface area contributed by atoms with Gasteiger partial charge in [0, 0.05) is 23.2 Å². The van der Waals surface area contributed by atoms with Gasteiger partial charge in [0.05, 0.1) is 17.1 Å². The molecule has 7 heteroatoms. The lowest BCUT2D eigenvalue weighted by molar-refractivity contribution is 0.0955. The van der Waals surface area contributed by atoms with Crippen LogP contribution in [0, 0.1) is 6.92 Å². The second kappa shape index (κ2) is 8.51. The SMILES string of the molecule is CCNC(=O)c1ccc(NC(=O)c2cc3c(C)nn(Cc4ccccc4)c3s2)cc1. The topological polar surface area (TPSA) is 76.0 Å². The summed E-state index contributed by atoms with van der Waals surface area (Å²) in [6.07, 6.45) is 0. The minimum Gasteiger partial charge on any atom is -0.352 e. The van der Waals surface area contributed by atoms with Gasteiger partial charge in [0.15, 0.2) is 0 Å². The maximum atomic E-state index is 12.8. The number of amides is 2. The molecule has 0 aliphatic heterocycles. The molecule has 4 rings (SSSR count). The van der Waals surface area contributed by atoms with Gasteiger partial charge in [0.1, 0.15) is 4.83 Å². The Balaban J connectivity index is 1.52. The van der Waals surface area contributed by atoms with E-state index in [1.807, 2.05) is 42.8 Å². The molecule has 6 nitrogen and oxygen atoms in total. The van der Waals surface area contributed by atoms with Crippen LogP contribution < -0.4 is 10.6 Å². The van der Waals surface area contributed by atoms with E-state index < -0.39 is 0 Å². The minimum atomic E-state index is -0.173. The molecular weight excluding hydrogens is 396 g/mol. The maximum absolute atomic E-state index is 12.8. The number of aromatic nitrogens is 2. The van der Waals surface area contributed by atoms with Gasteiger partial charge in [-0.05, 0) is 49.7 Å². The first-order valence-electron chi connectivity index (χ1n) is 9.75. The average Bonchev–Trinajstić information content (AvgIpc) is 3.31. The zero-order valence-corrected chi connectivity index (χ0v) is 17.6. The van der Waals surface area contributed by atoms with E-state index in [0.717, 1.165) is 21.5 Å². The molecule has 4 aromatic rings. The van der Waals surface area contributed by atoms with E-state index in [1.165, 1.54) is 11.3 Å². The van der Waals surface area contributed by atoms with E-state index in [2.05, 4.69) is 27.9 Å². The molecule has 30 heavy (non-hydrogen) atoms. The fourth-order valence-electron chi connectivity index (χ4n) is 3.25. The van der Waals surface area contributed by atoms with Crippen molar-refractivity contribution < 1.29 is 9.59 Å². The Morgan fingerprint density at radius 1 is 1.03 bits per heavy atom. The molecule has 0 fully saturated rings. The fraction of sp³-hybridized carbons (Fsp3) is 0.174. The smallest absolute Gasteiger partial charge is 0.265 e. The number of aryl methyl sites for hydroxylation is 1. The van der Waals surface area contributed by atoms with Crippen molar-refractivity contribution in [1.29, 1.82) is 0 Å². The monoisotopic (exact) mass is 418 g/mol. The minimum absolute atomic E-state index is 0.127. The molecular formula is C23H22N4O2S. The van der Waals surface area contributed by atoms with Crippen LogP contribution in [0.2, 0.25) is 0 Å². The Bertz CT molecular complexity index is 1190. The standard InChI is InChI=1S/C23H22N4O2S/c1-3-24-21(28)17-9-11-18(12-10-17)25-22(29)20-13-19-15(2)26-27(23(19)30-20)14-16-7-5-4-6-8-16/h4-13H,3,14H2,1-2H3,(H,24,28)(H,25,29). The van der Waals surface area contributed by atoms with Crippen molar-refractivity contribution in [3.63, 3.8) is 0 Å². The molecule has 2 heterocycles. The second-order valence-corrected chi connectivity index (χ2v) is 7.98. The maximum Gasteiger partial charge on any atom is 0.265 e. The van der Waals surface area contributed by atoms with Crippen LogP contribution in [-0.2, 0) is 6.54 Å². The third-order valence-electron chi connectivity index (χ3n) is 4.75. The predicted molar refractivity (Wildman–Crippen MR) is 120 cm³/mol. The van der Waals surface area contributed by atoms with Crippen molar-refractivity contribution in [2.45, 2.75) is 20.4 Å². The predicted octanol–water partition coefficient (Wildman–Crippen LogP) is 4.46. The van der Waals surface area contributed by atoms with Gasteiger partial charge in [-0.3, -0.25) is 14.3 Å². The van der Waals surface area contributed by atoms with Crippen molar-refractivity contribution in [1.82, 2.24) is 15.1 Å². The van der Waals surface area contributed by atoms with Gasteiger partial charge >= 0.3 is 0 Å². The first kappa shape index (κ1) is 19.8. The van der Waals surface area contributed by atoms with E-state index >= 15 is 0 Å². The molecule has 2 aromatic carbocycles. The Morgan fingerprint density at radius 3 is 2.47 bits per heavy atom. The van der Waals surface area contributed by atoms with E-state index in [1.54, 1.807) is 24.3 Å². The quantitative estimate of drug-likeness (QED) is 0.485. The van der Waals surface area contributed by atoms with Gasteiger partial charge in [-0.15, -0.1) is 11.3 Å². The summed E-state index contributed by atoms with van der Waals surface area (Å²) in [5.41, 5.74) is 3.28. The summed E-state index contributed by atoms with van der Waals surface area (Å²) in [5.74, 6) is -0.300. The van der Waals surface area contributed by atoms with Crippen molar-refractivity contribution in [3.05, 3.63) is 82.4 Å². The summed E-state index contributed by atoms with van der Waals surface area (Å²) in [4.78, 5) is 26.2. The number of benzene rings is 2. The number of rotatable bonds is 6. The number of thiophene rings is 1. The molecule has 0 atom stereocenters. The lowest BCUT2D eigenvalue weighted by Crippen LogP contribution is -2.22. The largest absolute Gasteiger partial charge is 0.352 e. The lowest BCUT2D eigenvalue weighted by atomic mass is 10.2. The van der Waals surface area contributed by atoms with Crippen molar-refractivity contribution in [2.24, 2.45) is 0 Å². The number of carbonyl (C=O) groups is 2. The Morgan fingerprint density at radius 2 is 1.77 bits per heavy atom. The molecule has 2 amide bonds. The van der Waals surface area contributed by atoms with Crippen molar-refractivity contribution in [2.75, 3.05) is 11.9 Å². The summed E-state index contributed by atoms with van der Waals surface area (Å²) in [7, 11) is 0. The highest BCUT2D eigenvalue weighted by Crippen LogP contribution is 2.29. The molecule has 0 aliphatic rings. The molecule has 0 bridgehead atoms. The van der Waals surface area contributed by atoms with Crippen LogP contribution in [0.4, 0.5) is 5.69 Å². The highest BCUT2D eigenvalue weighted by atomic mass is 32.1. The average molecular weight is 419 g/mol. The normalized spacial score (nSPS) is 10.9. The molecule has 0 spiro atoms. The molecule has 0 saturated carbocycles. The van der Waals surface area contributed by atoms with E-state index in [4.69, 9.17) is 0 Å². The summed E-state index contributed by atoms with van der Waals surface area (Å²) in [5, 5.41) is 11.3. The van der Waals surface area contributed by atoms with Crippen molar-refractivity contribution >= 4 is 39.1 Å². The second-order valence-electron chi connectivity index (χ2n) is 6.95. The third kappa shape index (κ3) is 4.11. The summed E-state index contributed by atoms with van der Waals surface area (Å²) in [6.45, 7) is 5.06. The third-order valence-corrected chi connectivity index (χ3v) is 5.90. The molecule has 2 aromatic heterocycles. The summed E-state index contributed by atoms with van der Waals surface area (Å²) < 4.78 is 1.95.